The lowest BCUT2D eigenvalue weighted by atomic mass is 10.2. The van der Waals surface area contributed by atoms with Gasteiger partial charge in [-0.15, -0.1) is 0 Å². The van der Waals surface area contributed by atoms with Crippen LogP contribution in [-0.2, 0) is 20.0 Å². The molecule has 2 rings (SSSR count). The van der Waals surface area contributed by atoms with Crippen molar-refractivity contribution in [3.63, 3.8) is 0 Å². The van der Waals surface area contributed by atoms with E-state index in [-0.39, 0.29) is 24.8 Å². The fourth-order valence-corrected chi connectivity index (χ4v) is 2.70. The first-order valence-electron chi connectivity index (χ1n) is 9.73. The van der Waals surface area contributed by atoms with Crippen molar-refractivity contribution in [1.82, 2.24) is 15.1 Å². The Bertz CT molecular complexity index is 849. The number of hydrogen-bond acceptors (Lipinski definition) is 3. The number of unbranched alkanes of at least 4 members (excludes halogenated alkanes) is 3. The number of carbonyl (C=O) groups is 1. The summed E-state index contributed by atoms with van der Waals surface area (Å²) in [4.78, 5) is 12.3. The van der Waals surface area contributed by atoms with E-state index >= 15 is 0 Å². The topological polar surface area (TPSA) is 56.1 Å². The third-order valence-electron chi connectivity index (χ3n) is 4.34. The molecule has 0 aliphatic rings. The van der Waals surface area contributed by atoms with Gasteiger partial charge in [0.1, 0.15) is 12.3 Å². The molecule has 0 aliphatic heterocycles. The van der Waals surface area contributed by atoms with Crippen molar-refractivity contribution in [3.05, 3.63) is 47.0 Å². The van der Waals surface area contributed by atoms with Gasteiger partial charge < -0.3 is 10.1 Å². The number of benzene rings is 1. The fourth-order valence-electron chi connectivity index (χ4n) is 2.70. The number of amides is 1. The van der Waals surface area contributed by atoms with Crippen LogP contribution in [0.15, 0.2) is 24.3 Å². The van der Waals surface area contributed by atoms with Gasteiger partial charge in [-0.1, -0.05) is 50.7 Å². The van der Waals surface area contributed by atoms with E-state index in [1.54, 1.807) is 31.3 Å². The molecule has 0 radical (unpaired) electrons. The molecule has 0 unspecified atom stereocenters. The third kappa shape index (κ3) is 6.12. The summed E-state index contributed by atoms with van der Waals surface area (Å²) in [7, 11) is 1.71. The highest BCUT2D eigenvalue weighted by Crippen LogP contribution is 2.20. The molecule has 0 spiro atoms. The quantitative estimate of drug-likeness (QED) is 0.524. The molecule has 0 aliphatic carbocycles. The Morgan fingerprint density at radius 3 is 2.82 bits per heavy atom. The van der Waals surface area contributed by atoms with Crippen LogP contribution < -0.4 is 10.1 Å². The number of rotatable bonds is 9. The lowest BCUT2D eigenvalue weighted by Crippen LogP contribution is -2.25. The van der Waals surface area contributed by atoms with E-state index in [0.29, 0.717) is 11.3 Å². The first-order chi connectivity index (χ1) is 13.6. The fraction of sp³-hybridized carbons (Fsp3) is 0.455. The van der Waals surface area contributed by atoms with E-state index < -0.39 is 5.82 Å². The molecule has 150 valence electrons. The standard InChI is InChI=1S/C22H28FN3O2/c1-4-6-7-8-9-10-14-28-20-13-11-12-17(21(20)23)16-24-22(27)19-15-18(5-2)25-26(19)3/h11-13,15H,4-8,14,16H2,1-3H3,(H,24,27). The van der Waals surface area contributed by atoms with Crippen LogP contribution in [0.4, 0.5) is 4.39 Å². The van der Waals surface area contributed by atoms with Gasteiger partial charge in [0.2, 0.25) is 0 Å². The van der Waals surface area contributed by atoms with Crippen LogP contribution in [0, 0.1) is 17.7 Å². The number of aryl methyl sites for hydroxylation is 2. The molecule has 0 atom stereocenters. The Morgan fingerprint density at radius 1 is 1.29 bits per heavy atom. The summed E-state index contributed by atoms with van der Waals surface area (Å²) >= 11 is 0. The van der Waals surface area contributed by atoms with Crippen LogP contribution in [0.5, 0.6) is 5.75 Å². The summed E-state index contributed by atoms with van der Waals surface area (Å²) < 4.78 is 21.6. The van der Waals surface area contributed by atoms with Crippen molar-refractivity contribution in [2.45, 2.75) is 52.5 Å². The molecule has 1 N–H and O–H groups in total. The zero-order valence-electron chi connectivity index (χ0n) is 16.8. The second-order valence-corrected chi connectivity index (χ2v) is 6.51. The zero-order chi connectivity index (χ0) is 20.4. The van der Waals surface area contributed by atoms with Gasteiger partial charge in [-0.2, -0.15) is 5.10 Å². The molecular weight excluding hydrogens is 357 g/mol. The molecule has 1 aromatic heterocycles. The number of aromatic nitrogens is 2. The summed E-state index contributed by atoms with van der Waals surface area (Å²) in [6.07, 6.45) is 4.98. The van der Waals surface area contributed by atoms with Crippen LogP contribution in [0.25, 0.3) is 0 Å². The number of carbonyl (C=O) groups excluding carboxylic acids is 1. The third-order valence-corrected chi connectivity index (χ3v) is 4.34. The van der Waals surface area contributed by atoms with E-state index in [0.717, 1.165) is 37.8 Å². The van der Waals surface area contributed by atoms with Gasteiger partial charge in [0.25, 0.3) is 5.91 Å². The maximum Gasteiger partial charge on any atom is 0.269 e. The van der Waals surface area contributed by atoms with Crippen LogP contribution in [0.1, 0.15) is 61.3 Å². The molecule has 0 saturated heterocycles. The van der Waals surface area contributed by atoms with E-state index in [9.17, 15) is 9.18 Å². The summed E-state index contributed by atoms with van der Waals surface area (Å²) in [5.74, 6) is 5.31. The molecular formula is C22H28FN3O2. The summed E-state index contributed by atoms with van der Waals surface area (Å²) in [6, 6.07) is 6.63. The number of nitrogens with one attached hydrogen (secondary N) is 1. The second kappa shape index (κ2) is 11.1. The minimum atomic E-state index is -0.477. The number of halogens is 1. The van der Waals surface area contributed by atoms with Crippen molar-refractivity contribution in [1.29, 1.82) is 0 Å². The molecule has 28 heavy (non-hydrogen) atoms. The highest BCUT2D eigenvalue weighted by Gasteiger charge is 2.14. The molecule has 0 fully saturated rings. The molecule has 5 nitrogen and oxygen atoms in total. The lowest BCUT2D eigenvalue weighted by Gasteiger charge is -2.09. The van der Waals surface area contributed by atoms with Crippen molar-refractivity contribution < 1.29 is 13.9 Å². The van der Waals surface area contributed by atoms with Gasteiger partial charge in [0, 0.05) is 25.6 Å². The number of hydrogen-bond donors (Lipinski definition) is 1. The normalized spacial score (nSPS) is 10.3. The van der Waals surface area contributed by atoms with E-state index in [4.69, 9.17) is 4.74 Å². The Morgan fingerprint density at radius 2 is 2.11 bits per heavy atom. The second-order valence-electron chi connectivity index (χ2n) is 6.51. The van der Waals surface area contributed by atoms with Crippen LogP contribution in [0.2, 0.25) is 0 Å². The minimum Gasteiger partial charge on any atom is -0.478 e. The maximum absolute atomic E-state index is 14.6. The van der Waals surface area contributed by atoms with Crippen molar-refractivity contribution in [2.75, 3.05) is 6.61 Å². The first kappa shape index (κ1) is 21.5. The Labute approximate surface area is 166 Å². The van der Waals surface area contributed by atoms with Crippen LogP contribution >= 0.6 is 0 Å². The average Bonchev–Trinajstić information content (AvgIpc) is 3.08. The van der Waals surface area contributed by atoms with Crippen molar-refractivity contribution >= 4 is 5.91 Å². The minimum absolute atomic E-state index is 0.0667. The predicted molar refractivity (Wildman–Crippen MR) is 108 cm³/mol. The average molecular weight is 385 g/mol. The van der Waals surface area contributed by atoms with E-state index in [1.807, 2.05) is 6.92 Å². The van der Waals surface area contributed by atoms with E-state index in [2.05, 4.69) is 29.2 Å². The smallest absolute Gasteiger partial charge is 0.269 e. The largest absolute Gasteiger partial charge is 0.478 e. The van der Waals surface area contributed by atoms with Crippen molar-refractivity contribution in [3.8, 4) is 17.6 Å². The maximum atomic E-state index is 14.6. The van der Waals surface area contributed by atoms with Crippen molar-refractivity contribution in [2.24, 2.45) is 7.05 Å². The number of ether oxygens (including phenoxy) is 1. The molecule has 6 heteroatoms. The zero-order valence-corrected chi connectivity index (χ0v) is 16.8. The van der Waals surface area contributed by atoms with Gasteiger partial charge in [-0.05, 0) is 25.0 Å². The highest BCUT2D eigenvalue weighted by atomic mass is 19.1. The summed E-state index contributed by atoms with van der Waals surface area (Å²) in [5.41, 5.74) is 1.65. The molecule has 2 aromatic rings. The highest BCUT2D eigenvalue weighted by molar-refractivity contribution is 5.92. The first-order valence-corrected chi connectivity index (χ1v) is 9.73. The van der Waals surface area contributed by atoms with Gasteiger partial charge in [0.15, 0.2) is 11.6 Å². The molecule has 0 bridgehead atoms. The monoisotopic (exact) mass is 385 g/mol. The Kier molecular flexibility index (Phi) is 8.54. The van der Waals surface area contributed by atoms with Gasteiger partial charge in [-0.25, -0.2) is 4.39 Å². The molecule has 1 amide bonds. The molecule has 0 saturated carbocycles. The SMILES string of the molecule is CCCCCC#CCOc1cccc(CNC(=O)c2cc(CC)nn2C)c1F. The number of nitrogens with zero attached hydrogens (tertiary/aromatic N) is 2. The molecule has 1 heterocycles. The molecule has 1 aromatic carbocycles. The Hall–Kier alpha value is -2.81. The van der Waals surface area contributed by atoms with E-state index in [1.165, 1.54) is 4.68 Å². The van der Waals surface area contributed by atoms with Gasteiger partial charge in [-0.3, -0.25) is 9.48 Å². The summed E-state index contributed by atoms with van der Waals surface area (Å²) in [6.45, 7) is 4.33. The lowest BCUT2D eigenvalue weighted by molar-refractivity contribution is 0.0941. The van der Waals surface area contributed by atoms with Crippen LogP contribution in [0.3, 0.4) is 0 Å². The van der Waals surface area contributed by atoms with Gasteiger partial charge in [0.05, 0.1) is 5.69 Å². The van der Waals surface area contributed by atoms with Crippen LogP contribution in [-0.4, -0.2) is 22.3 Å². The van der Waals surface area contributed by atoms with Gasteiger partial charge >= 0.3 is 0 Å². The summed E-state index contributed by atoms with van der Waals surface area (Å²) in [5, 5.41) is 6.99. The Balaban J connectivity index is 1.91. The predicted octanol–water partition coefficient (Wildman–Crippen LogP) is 4.01.